The highest BCUT2D eigenvalue weighted by molar-refractivity contribution is 7.92. The predicted molar refractivity (Wildman–Crippen MR) is 149 cm³/mol. The lowest BCUT2D eigenvalue weighted by atomic mass is 10.2. The van der Waals surface area contributed by atoms with Crippen LogP contribution >= 0.6 is 0 Å². The molecule has 1 saturated heterocycles. The van der Waals surface area contributed by atoms with Crippen LogP contribution in [0, 0.1) is 0 Å². The van der Waals surface area contributed by atoms with Crippen LogP contribution < -0.4 is 30.1 Å². The monoisotopic (exact) mass is 548 g/mol. The van der Waals surface area contributed by atoms with Crippen molar-refractivity contribution in [2.45, 2.75) is 23.8 Å². The van der Waals surface area contributed by atoms with E-state index < -0.39 is 22.0 Å². The number of aromatic nitrogens is 2. The molecule has 1 amide bonds. The van der Waals surface area contributed by atoms with Crippen molar-refractivity contribution in [1.29, 1.82) is 0 Å². The van der Waals surface area contributed by atoms with Crippen molar-refractivity contribution in [2.24, 2.45) is 5.73 Å². The predicted octanol–water partition coefficient (Wildman–Crippen LogP) is 3.65. The Morgan fingerprint density at radius 3 is 2.26 bits per heavy atom. The van der Waals surface area contributed by atoms with Gasteiger partial charge >= 0.3 is 0 Å². The van der Waals surface area contributed by atoms with Gasteiger partial charge in [-0.25, -0.2) is 18.4 Å². The van der Waals surface area contributed by atoms with Crippen LogP contribution in [0.5, 0.6) is 11.5 Å². The van der Waals surface area contributed by atoms with Gasteiger partial charge in [0.1, 0.15) is 17.5 Å². The van der Waals surface area contributed by atoms with Gasteiger partial charge in [-0.1, -0.05) is 18.2 Å². The Morgan fingerprint density at radius 2 is 1.62 bits per heavy atom. The first-order chi connectivity index (χ1) is 18.8. The zero-order valence-corrected chi connectivity index (χ0v) is 22.2. The quantitative estimate of drug-likeness (QED) is 0.285. The molecule has 11 nitrogen and oxygen atoms in total. The van der Waals surface area contributed by atoms with E-state index in [9.17, 15) is 13.2 Å². The largest absolute Gasteiger partial charge is 0.497 e. The maximum absolute atomic E-state index is 13.6. The van der Waals surface area contributed by atoms with E-state index in [2.05, 4.69) is 20.0 Å². The van der Waals surface area contributed by atoms with Crippen molar-refractivity contribution in [3.8, 4) is 11.5 Å². The molecule has 4 aromatic rings. The van der Waals surface area contributed by atoms with Crippen molar-refractivity contribution in [2.75, 3.05) is 35.7 Å². The number of nitrogens with zero attached hydrogens (tertiary/aromatic N) is 3. The molecule has 5 rings (SSSR count). The van der Waals surface area contributed by atoms with E-state index in [1.807, 2.05) is 11.0 Å². The fourth-order valence-corrected chi connectivity index (χ4v) is 5.61. The van der Waals surface area contributed by atoms with Gasteiger partial charge in [0.05, 0.1) is 30.1 Å². The molecule has 12 heteroatoms. The Kier molecular flexibility index (Phi) is 7.11. The normalized spacial score (nSPS) is 15.2. The lowest BCUT2D eigenvalue weighted by Crippen LogP contribution is -2.40. The van der Waals surface area contributed by atoms with Gasteiger partial charge < -0.3 is 25.4 Å². The second-order valence-corrected chi connectivity index (χ2v) is 10.7. The summed E-state index contributed by atoms with van der Waals surface area (Å²) in [5.74, 6) is 0.853. The summed E-state index contributed by atoms with van der Waals surface area (Å²) in [4.78, 5) is 22.9. The number of hydrogen-bond acceptors (Lipinski definition) is 9. The number of sulfonamides is 1. The number of para-hydroxylation sites is 2. The van der Waals surface area contributed by atoms with E-state index in [-0.39, 0.29) is 16.5 Å². The van der Waals surface area contributed by atoms with Gasteiger partial charge in [-0.2, -0.15) is 0 Å². The van der Waals surface area contributed by atoms with Crippen LogP contribution in [0.15, 0.2) is 71.6 Å². The number of nitrogens with one attached hydrogen (secondary N) is 2. The van der Waals surface area contributed by atoms with Gasteiger partial charge in [0.15, 0.2) is 11.6 Å². The molecule has 0 spiro atoms. The molecule has 0 bridgehead atoms. The Morgan fingerprint density at radius 1 is 0.949 bits per heavy atom. The average molecular weight is 549 g/mol. The molecule has 1 fully saturated rings. The Hall–Kier alpha value is -4.58. The van der Waals surface area contributed by atoms with Gasteiger partial charge in [-0.15, -0.1) is 0 Å². The van der Waals surface area contributed by atoms with E-state index >= 15 is 0 Å². The molecule has 1 aliphatic heterocycles. The summed E-state index contributed by atoms with van der Waals surface area (Å²) >= 11 is 0. The fourth-order valence-electron chi connectivity index (χ4n) is 4.56. The van der Waals surface area contributed by atoms with Gasteiger partial charge in [0.25, 0.3) is 10.0 Å². The molecule has 0 saturated carbocycles. The second-order valence-electron chi connectivity index (χ2n) is 8.99. The maximum Gasteiger partial charge on any atom is 0.263 e. The molecular formula is C27H28N6O5S. The van der Waals surface area contributed by atoms with Crippen LogP contribution in [0.2, 0.25) is 0 Å². The van der Waals surface area contributed by atoms with Crippen LogP contribution in [0.4, 0.5) is 23.0 Å². The summed E-state index contributed by atoms with van der Waals surface area (Å²) in [7, 11) is -1.02. The molecule has 0 unspecified atom stereocenters. The van der Waals surface area contributed by atoms with Gasteiger partial charge in [-0.3, -0.25) is 9.52 Å². The number of ether oxygens (including phenoxy) is 2. The molecule has 202 valence electrons. The summed E-state index contributed by atoms with van der Waals surface area (Å²) < 4.78 is 40.4. The third-order valence-electron chi connectivity index (χ3n) is 6.46. The van der Waals surface area contributed by atoms with Crippen LogP contribution in [0.3, 0.4) is 0 Å². The van der Waals surface area contributed by atoms with Crippen molar-refractivity contribution in [3.63, 3.8) is 0 Å². The van der Waals surface area contributed by atoms with Gasteiger partial charge in [0.2, 0.25) is 5.91 Å². The van der Waals surface area contributed by atoms with Crippen molar-refractivity contribution < 1.29 is 22.7 Å². The van der Waals surface area contributed by atoms with Crippen molar-refractivity contribution in [1.82, 2.24) is 9.97 Å². The maximum atomic E-state index is 13.6. The Labute approximate surface area is 226 Å². The SMILES string of the molecule is COc1cc(Nc2nc3ccccc3nc2NS(=O)(=O)c2cccc(N3CCC[C@@H]3C(N)=O)c2)cc(OC)c1. The minimum atomic E-state index is -4.10. The number of carbonyl (C=O) groups is 1. The highest BCUT2D eigenvalue weighted by Crippen LogP contribution is 2.32. The number of amides is 1. The molecular weight excluding hydrogens is 520 g/mol. The third-order valence-corrected chi connectivity index (χ3v) is 7.79. The average Bonchev–Trinajstić information content (AvgIpc) is 3.44. The first-order valence-electron chi connectivity index (χ1n) is 12.2. The minimum absolute atomic E-state index is 0.0112. The lowest BCUT2D eigenvalue weighted by molar-refractivity contribution is -0.119. The number of hydrogen-bond donors (Lipinski definition) is 3. The molecule has 3 aromatic carbocycles. The number of fused-ring (bicyclic) bond motifs is 1. The first kappa shape index (κ1) is 26.0. The fraction of sp³-hybridized carbons (Fsp3) is 0.222. The Balaban J connectivity index is 1.52. The smallest absolute Gasteiger partial charge is 0.263 e. The standard InChI is InChI=1S/C27H28N6O5S/c1-37-19-13-17(14-20(16-19)38-2)29-26-27(31-23-10-4-3-9-22(23)30-26)32-39(35,36)21-8-5-7-18(15-21)33-12-6-11-24(33)25(28)34/h3-5,7-10,13-16,24H,6,11-12H2,1-2H3,(H2,28,34)(H,29,30)(H,31,32)/t24-/m1/s1. The van der Waals surface area contributed by atoms with Crippen molar-refractivity contribution >= 4 is 50.0 Å². The van der Waals surface area contributed by atoms with Crippen LogP contribution in [0.1, 0.15) is 12.8 Å². The number of primary amides is 1. The third kappa shape index (κ3) is 5.50. The van der Waals surface area contributed by atoms with E-state index in [4.69, 9.17) is 15.2 Å². The van der Waals surface area contributed by atoms with Crippen molar-refractivity contribution in [3.05, 3.63) is 66.7 Å². The number of rotatable bonds is 9. The lowest BCUT2D eigenvalue weighted by Gasteiger charge is -2.24. The van der Waals surface area contributed by atoms with Crippen LogP contribution in [-0.4, -0.2) is 51.1 Å². The summed E-state index contributed by atoms with van der Waals surface area (Å²) in [6.07, 6.45) is 1.42. The summed E-state index contributed by atoms with van der Waals surface area (Å²) in [5, 5.41) is 3.14. The molecule has 1 aromatic heterocycles. The number of carbonyl (C=O) groups excluding carboxylic acids is 1. The zero-order valence-electron chi connectivity index (χ0n) is 21.4. The highest BCUT2D eigenvalue weighted by Gasteiger charge is 2.30. The number of benzene rings is 3. The zero-order chi connectivity index (χ0) is 27.6. The summed E-state index contributed by atoms with van der Waals surface area (Å²) in [6.45, 7) is 0.610. The van der Waals surface area contributed by atoms with Crippen LogP contribution in [-0.2, 0) is 14.8 Å². The van der Waals surface area contributed by atoms with Gasteiger partial charge in [-0.05, 0) is 43.2 Å². The second kappa shape index (κ2) is 10.7. The van der Waals surface area contributed by atoms with E-state index in [0.29, 0.717) is 46.9 Å². The molecule has 39 heavy (non-hydrogen) atoms. The molecule has 1 aliphatic rings. The number of nitrogens with two attached hydrogens (primary N) is 1. The Bertz CT molecular complexity index is 1620. The molecule has 4 N–H and O–H groups in total. The van der Waals surface area contributed by atoms with E-state index in [0.717, 1.165) is 6.42 Å². The van der Waals surface area contributed by atoms with E-state index in [1.165, 1.54) is 26.4 Å². The number of methoxy groups -OCH3 is 2. The minimum Gasteiger partial charge on any atom is -0.497 e. The highest BCUT2D eigenvalue weighted by atomic mass is 32.2. The summed E-state index contributed by atoms with van der Waals surface area (Å²) in [5.41, 5.74) is 7.81. The molecule has 2 heterocycles. The van der Waals surface area contributed by atoms with Crippen LogP contribution in [0.25, 0.3) is 11.0 Å². The molecule has 1 atom stereocenters. The molecule has 0 radical (unpaired) electrons. The van der Waals surface area contributed by atoms with E-state index in [1.54, 1.807) is 48.5 Å². The molecule has 0 aliphatic carbocycles. The topological polar surface area (TPSA) is 149 Å². The summed E-state index contributed by atoms with van der Waals surface area (Å²) in [6, 6.07) is 18.3. The first-order valence-corrected chi connectivity index (χ1v) is 13.7. The van der Waals surface area contributed by atoms with Gasteiger partial charge in [0, 0.05) is 36.1 Å². The number of anilines is 4.